The van der Waals surface area contributed by atoms with E-state index in [0.29, 0.717) is 25.4 Å². The normalized spacial score (nSPS) is 20.9. The lowest BCUT2D eigenvalue weighted by molar-refractivity contribution is -0.138. The van der Waals surface area contributed by atoms with Crippen LogP contribution in [-0.4, -0.2) is 50.6 Å². The highest BCUT2D eigenvalue weighted by Crippen LogP contribution is 2.30. The van der Waals surface area contributed by atoms with Gasteiger partial charge < -0.3 is 14.7 Å². The Balaban J connectivity index is 1.35. The standard InChI is InChI=1S/C20H26N4O3/c1-20(2,26)18-12-24(22-21-18)16-7-9-23(10-8-16)19(25)15-11-14-5-3-4-6-17(14)27-13-15/h3-6,12,15-16,26H,7-11,13H2,1-2H3/t15-/m0/s1. The average molecular weight is 370 g/mol. The fourth-order valence-electron chi connectivity index (χ4n) is 3.83. The van der Waals surface area contributed by atoms with E-state index in [0.717, 1.165) is 30.6 Å². The van der Waals surface area contributed by atoms with Crippen molar-refractivity contribution in [1.29, 1.82) is 0 Å². The van der Waals surface area contributed by atoms with E-state index in [-0.39, 0.29) is 17.9 Å². The molecule has 27 heavy (non-hydrogen) atoms. The Morgan fingerprint density at radius 3 is 2.70 bits per heavy atom. The van der Waals surface area contributed by atoms with E-state index in [4.69, 9.17) is 4.74 Å². The van der Waals surface area contributed by atoms with Gasteiger partial charge in [-0.2, -0.15) is 0 Å². The Morgan fingerprint density at radius 2 is 2.00 bits per heavy atom. The number of amides is 1. The molecule has 1 saturated heterocycles. The van der Waals surface area contributed by atoms with Crippen LogP contribution in [0.5, 0.6) is 5.75 Å². The molecule has 4 rings (SSSR count). The predicted molar refractivity (Wildman–Crippen MR) is 99.2 cm³/mol. The van der Waals surface area contributed by atoms with Gasteiger partial charge in [-0.3, -0.25) is 4.79 Å². The predicted octanol–water partition coefficient (Wildman–Crippen LogP) is 1.92. The zero-order chi connectivity index (χ0) is 19.0. The second kappa shape index (κ2) is 6.96. The maximum absolute atomic E-state index is 12.9. The van der Waals surface area contributed by atoms with Crippen molar-refractivity contribution in [2.75, 3.05) is 19.7 Å². The molecule has 0 spiro atoms. The summed E-state index contributed by atoms with van der Waals surface area (Å²) in [6.45, 7) is 5.27. The zero-order valence-electron chi connectivity index (χ0n) is 15.8. The number of benzene rings is 1. The molecule has 7 heteroatoms. The quantitative estimate of drug-likeness (QED) is 0.893. The molecule has 0 saturated carbocycles. The molecule has 0 unspecified atom stereocenters. The minimum atomic E-state index is -0.994. The third kappa shape index (κ3) is 3.69. The van der Waals surface area contributed by atoms with Crippen molar-refractivity contribution >= 4 is 5.91 Å². The summed E-state index contributed by atoms with van der Waals surface area (Å²) in [5.41, 5.74) is 0.685. The van der Waals surface area contributed by atoms with Crippen LogP contribution in [0.1, 0.15) is 44.0 Å². The fourth-order valence-corrected chi connectivity index (χ4v) is 3.83. The maximum Gasteiger partial charge on any atom is 0.229 e. The van der Waals surface area contributed by atoms with Gasteiger partial charge in [0.15, 0.2) is 0 Å². The second-order valence-electron chi connectivity index (χ2n) is 8.02. The Morgan fingerprint density at radius 1 is 1.26 bits per heavy atom. The number of hydrogen-bond acceptors (Lipinski definition) is 5. The van der Waals surface area contributed by atoms with Gasteiger partial charge in [0.05, 0.1) is 18.2 Å². The lowest BCUT2D eigenvalue weighted by Gasteiger charge is -2.35. The van der Waals surface area contributed by atoms with Gasteiger partial charge in [0.2, 0.25) is 5.91 Å². The second-order valence-corrected chi connectivity index (χ2v) is 8.02. The zero-order valence-corrected chi connectivity index (χ0v) is 15.8. The fraction of sp³-hybridized carbons (Fsp3) is 0.550. The van der Waals surface area contributed by atoms with Gasteiger partial charge in [-0.25, -0.2) is 4.68 Å². The van der Waals surface area contributed by atoms with Gasteiger partial charge in [0, 0.05) is 13.1 Å². The summed E-state index contributed by atoms with van der Waals surface area (Å²) < 4.78 is 7.61. The van der Waals surface area contributed by atoms with Crippen molar-refractivity contribution in [2.45, 2.75) is 44.8 Å². The molecule has 1 aromatic heterocycles. The van der Waals surface area contributed by atoms with Crippen LogP contribution in [-0.2, 0) is 16.8 Å². The minimum Gasteiger partial charge on any atom is -0.492 e. The van der Waals surface area contributed by atoms with Crippen molar-refractivity contribution in [3.8, 4) is 5.75 Å². The summed E-state index contributed by atoms with van der Waals surface area (Å²) in [5, 5.41) is 18.3. The van der Waals surface area contributed by atoms with Crippen molar-refractivity contribution in [3.63, 3.8) is 0 Å². The van der Waals surface area contributed by atoms with Crippen LogP contribution in [0.4, 0.5) is 0 Å². The number of rotatable bonds is 3. The number of fused-ring (bicyclic) bond motifs is 1. The number of carbonyl (C=O) groups is 1. The van der Waals surface area contributed by atoms with E-state index in [2.05, 4.69) is 10.3 Å². The lowest BCUT2D eigenvalue weighted by atomic mass is 9.94. The first-order chi connectivity index (χ1) is 12.9. The van der Waals surface area contributed by atoms with Crippen LogP contribution >= 0.6 is 0 Å². The molecule has 1 fully saturated rings. The van der Waals surface area contributed by atoms with Crippen LogP contribution in [0.25, 0.3) is 0 Å². The molecule has 144 valence electrons. The van der Waals surface area contributed by atoms with Crippen LogP contribution in [0.3, 0.4) is 0 Å². The van der Waals surface area contributed by atoms with Crippen molar-refractivity contribution in [2.24, 2.45) is 5.92 Å². The number of nitrogens with zero attached hydrogens (tertiary/aromatic N) is 4. The Hall–Kier alpha value is -2.41. The summed E-state index contributed by atoms with van der Waals surface area (Å²) in [4.78, 5) is 14.9. The molecular weight excluding hydrogens is 344 g/mol. The molecule has 7 nitrogen and oxygen atoms in total. The van der Waals surface area contributed by atoms with Crippen molar-refractivity contribution in [1.82, 2.24) is 19.9 Å². The Bertz CT molecular complexity index is 819. The summed E-state index contributed by atoms with van der Waals surface area (Å²) >= 11 is 0. The van der Waals surface area contributed by atoms with E-state index in [1.165, 1.54) is 0 Å². The summed E-state index contributed by atoms with van der Waals surface area (Å²) in [7, 11) is 0. The first-order valence-corrected chi connectivity index (χ1v) is 9.56. The lowest BCUT2D eigenvalue weighted by Crippen LogP contribution is -2.45. The number of para-hydroxylation sites is 1. The topological polar surface area (TPSA) is 80.5 Å². The summed E-state index contributed by atoms with van der Waals surface area (Å²) in [5.74, 6) is 0.970. The van der Waals surface area contributed by atoms with Gasteiger partial charge >= 0.3 is 0 Å². The molecule has 0 bridgehead atoms. The van der Waals surface area contributed by atoms with Crippen molar-refractivity contribution in [3.05, 3.63) is 41.7 Å². The van der Waals surface area contributed by atoms with Gasteiger partial charge in [0.1, 0.15) is 23.7 Å². The first kappa shape index (κ1) is 18.0. The number of hydrogen-bond donors (Lipinski definition) is 1. The van der Waals surface area contributed by atoms with Crippen LogP contribution < -0.4 is 4.74 Å². The Kier molecular flexibility index (Phi) is 4.63. The molecule has 1 atom stereocenters. The van der Waals surface area contributed by atoms with E-state index in [1.807, 2.05) is 40.0 Å². The number of aliphatic hydroxyl groups is 1. The molecule has 2 aromatic rings. The average Bonchev–Trinajstić information content (AvgIpc) is 3.18. The van der Waals surface area contributed by atoms with E-state index < -0.39 is 5.60 Å². The maximum atomic E-state index is 12.9. The van der Waals surface area contributed by atoms with Gasteiger partial charge in [-0.1, -0.05) is 23.4 Å². The minimum absolute atomic E-state index is 0.107. The Labute approximate surface area is 158 Å². The highest BCUT2D eigenvalue weighted by Gasteiger charge is 2.32. The molecule has 1 N–H and O–H groups in total. The van der Waals surface area contributed by atoms with Crippen LogP contribution in [0.2, 0.25) is 0 Å². The van der Waals surface area contributed by atoms with E-state index in [9.17, 15) is 9.90 Å². The third-order valence-corrected chi connectivity index (χ3v) is 5.52. The number of ether oxygens (including phenoxy) is 1. The number of aromatic nitrogens is 3. The largest absolute Gasteiger partial charge is 0.492 e. The molecule has 0 aliphatic carbocycles. The summed E-state index contributed by atoms with van der Waals surface area (Å²) in [6.07, 6.45) is 4.23. The van der Waals surface area contributed by atoms with E-state index in [1.54, 1.807) is 13.8 Å². The molecule has 2 aliphatic heterocycles. The monoisotopic (exact) mass is 370 g/mol. The van der Waals surface area contributed by atoms with Gasteiger partial charge in [0.25, 0.3) is 0 Å². The van der Waals surface area contributed by atoms with Crippen molar-refractivity contribution < 1.29 is 14.6 Å². The van der Waals surface area contributed by atoms with Gasteiger partial charge in [-0.15, -0.1) is 5.10 Å². The summed E-state index contributed by atoms with van der Waals surface area (Å²) in [6, 6.07) is 8.15. The highest BCUT2D eigenvalue weighted by atomic mass is 16.5. The molecular formula is C20H26N4O3. The van der Waals surface area contributed by atoms with Crippen LogP contribution in [0.15, 0.2) is 30.5 Å². The third-order valence-electron chi connectivity index (χ3n) is 5.52. The number of piperidine rings is 1. The van der Waals surface area contributed by atoms with Crippen LogP contribution in [0, 0.1) is 5.92 Å². The molecule has 0 radical (unpaired) electrons. The SMILES string of the molecule is CC(C)(O)c1cn(C2CCN(C(=O)[C@@H]3COc4ccccc4C3)CC2)nn1. The molecule has 3 heterocycles. The smallest absolute Gasteiger partial charge is 0.229 e. The number of carbonyl (C=O) groups excluding carboxylic acids is 1. The van der Waals surface area contributed by atoms with E-state index >= 15 is 0 Å². The molecule has 1 aromatic carbocycles. The first-order valence-electron chi connectivity index (χ1n) is 9.56. The highest BCUT2D eigenvalue weighted by molar-refractivity contribution is 5.80. The van der Waals surface area contributed by atoms with Gasteiger partial charge in [-0.05, 0) is 44.7 Å². The molecule has 2 aliphatic rings. The number of likely N-dealkylation sites (tertiary alicyclic amines) is 1. The molecule has 1 amide bonds.